The number of benzene rings is 4. The summed E-state index contributed by atoms with van der Waals surface area (Å²) in [4.78, 5) is 29.6. The Labute approximate surface area is 268 Å². The molecule has 240 valence electrons. The molecule has 0 aliphatic carbocycles. The standard InChI is InChI=1S/C35H36FN3O6S/c1-2-38-46(42,43)30-16-10-25(11-17-30)13-19-34(40)39(23-27-8-14-29(36)15-9-27)31(20-26-6-4-3-5-7-26)35(41)37-22-28-12-18-32-33(21-28)45-24-44-32/h3-12,14-18,21,31,38H,2,13,19-20,22-24H2,1H3,(H,37,41). The summed E-state index contributed by atoms with van der Waals surface area (Å²) in [5.74, 6) is 0.237. The Hall–Kier alpha value is -4.74. The van der Waals surface area contributed by atoms with Gasteiger partial charge >= 0.3 is 0 Å². The summed E-state index contributed by atoms with van der Waals surface area (Å²) < 4.78 is 51.7. The van der Waals surface area contributed by atoms with Crippen LogP contribution in [0.4, 0.5) is 4.39 Å². The second kappa shape index (κ2) is 15.0. The summed E-state index contributed by atoms with van der Waals surface area (Å²) in [6.45, 7) is 2.42. The third-order valence-electron chi connectivity index (χ3n) is 7.64. The van der Waals surface area contributed by atoms with Gasteiger partial charge in [-0.25, -0.2) is 17.5 Å². The highest BCUT2D eigenvalue weighted by Gasteiger charge is 2.30. The predicted molar refractivity (Wildman–Crippen MR) is 171 cm³/mol. The van der Waals surface area contributed by atoms with Gasteiger partial charge in [0, 0.05) is 32.5 Å². The van der Waals surface area contributed by atoms with Crippen molar-refractivity contribution in [2.75, 3.05) is 13.3 Å². The van der Waals surface area contributed by atoms with Crippen molar-refractivity contribution in [2.45, 2.75) is 50.2 Å². The molecule has 11 heteroatoms. The molecule has 0 bridgehead atoms. The number of halogens is 1. The fourth-order valence-corrected chi connectivity index (χ4v) is 6.24. The molecule has 4 aromatic carbocycles. The molecule has 0 saturated heterocycles. The molecule has 9 nitrogen and oxygen atoms in total. The molecule has 0 radical (unpaired) electrons. The van der Waals surface area contributed by atoms with Gasteiger partial charge in [-0.3, -0.25) is 9.59 Å². The lowest BCUT2D eigenvalue weighted by Gasteiger charge is -2.32. The third kappa shape index (κ3) is 8.49. The number of hydrogen-bond acceptors (Lipinski definition) is 6. The Bertz CT molecular complexity index is 1750. The number of rotatable bonds is 14. The Balaban J connectivity index is 1.37. The molecule has 1 aliphatic heterocycles. The lowest BCUT2D eigenvalue weighted by atomic mass is 10.0. The lowest BCUT2D eigenvalue weighted by Crippen LogP contribution is -2.50. The van der Waals surface area contributed by atoms with Crippen molar-refractivity contribution in [1.82, 2.24) is 14.9 Å². The maximum atomic E-state index is 14.0. The molecule has 0 saturated carbocycles. The van der Waals surface area contributed by atoms with E-state index in [0.717, 1.165) is 16.7 Å². The van der Waals surface area contributed by atoms with Gasteiger partial charge in [0.15, 0.2) is 11.5 Å². The van der Waals surface area contributed by atoms with E-state index in [1.165, 1.54) is 24.3 Å². The monoisotopic (exact) mass is 645 g/mol. The molecule has 0 fully saturated rings. The molecular weight excluding hydrogens is 609 g/mol. The van der Waals surface area contributed by atoms with Gasteiger partial charge in [-0.1, -0.05) is 67.6 Å². The molecule has 4 aromatic rings. The molecule has 46 heavy (non-hydrogen) atoms. The van der Waals surface area contributed by atoms with Crippen molar-refractivity contribution in [3.05, 3.63) is 125 Å². The van der Waals surface area contributed by atoms with Crippen LogP contribution in [0.2, 0.25) is 0 Å². The maximum Gasteiger partial charge on any atom is 0.243 e. The number of nitrogens with one attached hydrogen (secondary N) is 2. The average Bonchev–Trinajstić information content (AvgIpc) is 3.54. The molecular formula is C35H36FN3O6S. The van der Waals surface area contributed by atoms with E-state index in [1.54, 1.807) is 42.2 Å². The third-order valence-corrected chi connectivity index (χ3v) is 9.20. The first-order valence-electron chi connectivity index (χ1n) is 15.0. The minimum atomic E-state index is -3.60. The molecule has 1 heterocycles. The van der Waals surface area contributed by atoms with E-state index in [0.29, 0.717) is 23.5 Å². The number of aryl methyl sites for hydroxylation is 1. The van der Waals surface area contributed by atoms with Crippen molar-refractivity contribution in [3.8, 4) is 11.5 Å². The highest BCUT2D eigenvalue weighted by atomic mass is 32.2. The molecule has 5 rings (SSSR count). The second-order valence-corrected chi connectivity index (χ2v) is 12.7. The Kier molecular flexibility index (Phi) is 10.7. The first-order valence-corrected chi connectivity index (χ1v) is 16.5. The van der Waals surface area contributed by atoms with Crippen molar-refractivity contribution < 1.29 is 31.9 Å². The molecule has 1 aliphatic rings. The van der Waals surface area contributed by atoms with E-state index in [9.17, 15) is 22.4 Å². The number of hydrogen-bond donors (Lipinski definition) is 2. The van der Waals surface area contributed by atoms with E-state index in [-0.39, 0.29) is 56.0 Å². The van der Waals surface area contributed by atoms with Gasteiger partial charge < -0.3 is 19.7 Å². The van der Waals surface area contributed by atoms with Crippen LogP contribution >= 0.6 is 0 Å². The zero-order valence-electron chi connectivity index (χ0n) is 25.4. The predicted octanol–water partition coefficient (Wildman–Crippen LogP) is 4.74. The summed E-state index contributed by atoms with van der Waals surface area (Å²) in [7, 11) is -3.60. The van der Waals surface area contributed by atoms with Gasteiger partial charge in [-0.05, 0) is 65.1 Å². The quantitative estimate of drug-likeness (QED) is 0.205. The molecule has 0 spiro atoms. The number of amides is 2. The Morgan fingerprint density at radius 2 is 1.52 bits per heavy atom. The zero-order valence-corrected chi connectivity index (χ0v) is 26.3. The topological polar surface area (TPSA) is 114 Å². The first-order chi connectivity index (χ1) is 22.2. The summed E-state index contributed by atoms with van der Waals surface area (Å²) >= 11 is 0. The molecule has 2 amide bonds. The molecule has 1 unspecified atom stereocenters. The summed E-state index contributed by atoms with van der Waals surface area (Å²) in [5, 5.41) is 2.99. The van der Waals surface area contributed by atoms with Crippen molar-refractivity contribution in [3.63, 3.8) is 0 Å². The fourth-order valence-electron chi connectivity index (χ4n) is 5.20. The highest BCUT2D eigenvalue weighted by molar-refractivity contribution is 7.89. The van der Waals surface area contributed by atoms with E-state index in [2.05, 4.69) is 10.0 Å². The smallest absolute Gasteiger partial charge is 0.243 e. The lowest BCUT2D eigenvalue weighted by molar-refractivity contribution is -0.141. The second-order valence-electron chi connectivity index (χ2n) is 10.9. The van der Waals surface area contributed by atoms with Gasteiger partial charge in [0.25, 0.3) is 0 Å². The SMILES string of the molecule is CCNS(=O)(=O)c1ccc(CCC(=O)N(Cc2ccc(F)cc2)C(Cc2ccccc2)C(=O)NCc2ccc3c(c2)OCO3)cc1. The van der Waals surface area contributed by atoms with E-state index in [4.69, 9.17) is 9.47 Å². The van der Waals surface area contributed by atoms with Crippen LogP contribution < -0.4 is 19.5 Å². The van der Waals surface area contributed by atoms with Gasteiger partial charge in [0.2, 0.25) is 28.6 Å². The van der Waals surface area contributed by atoms with Crippen LogP contribution in [0.1, 0.15) is 35.6 Å². The first kappa shape index (κ1) is 32.6. The number of carbonyl (C=O) groups is 2. The van der Waals surface area contributed by atoms with Crippen LogP contribution in [0.5, 0.6) is 11.5 Å². The van der Waals surface area contributed by atoms with Crippen LogP contribution in [0, 0.1) is 5.82 Å². The van der Waals surface area contributed by atoms with Crippen LogP contribution in [-0.4, -0.2) is 44.5 Å². The number of ether oxygens (including phenoxy) is 2. The Morgan fingerprint density at radius 3 is 2.24 bits per heavy atom. The molecule has 0 aromatic heterocycles. The van der Waals surface area contributed by atoms with Crippen LogP contribution in [0.3, 0.4) is 0 Å². The maximum absolute atomic E-state index is 14.0. The zero-order chi connectivity index (χ0) is 32.5. The fraction of sp³-hybridized carbons (Fsp3) is 0.257. The normalized spacial score (nSPS) is 12.8. The Morgan fingerprint density at radius 1 is 0.848 bits per heavy atom. The van der Waals surface area contributed by atoms with Crippen LogP contribution in [-0.2, 0) is 45.5 Å². The van der Waals surface area contributed by atoms with Crippen molar-refractivity contribution in [2.24, 2.45) is 0 Å². The van der Waals surface area contributed by atoms with E-state index >= 15 is 0 Å². The summed E-state index contributed by atoms with van der Waals surface area (Å²) in [5.41, 5.74) is 3.14. The van der Waals surface area contributed by atoms with Gasteiger partial charge in [0.05, 0.1) is 4.90 Å². The van der Waals surface area contributed by atoms with E-state index in [1.807, 2.05) is 42.5 Å². The molecule has 2 N–H and O–H groups in total. The average molecular weight is 646 g/mol. The van der Waals surface area contributed by atoms with Gasteiger partial charge in [0.1, 0.15) is 11.9 Å². The minimum Gasteiger partial charge on any atom is -0.454 e. The minimum absolute atomic E-state index is 0.0707. The van der Waals surface area contributed by atoms with Gasteiger partial charge in [-0.15, -0.1) is 0 Å². The summed E-state index contributed by atoms with van der Waals surface area (Å²) in [6, 6.07) is 26.3. The van der Waals surface area contributed by atoms with Crippen molar-refractivity contribution >= 4 is 21.8 Å². The van der Waals surface area contributed by atoms with Crippen LogP contribution in [0.15, 0.2) is 102 Å². The van der Waals surface area contributed by atoms with E-state index < -0.39 is 21.9 Å². The molecule has 1 atom stereocenters. The highest BCUT2D eigenvalue weighted by Crippen LogP contribution is 2.32. The van der Waals surface area contributed by atoms with Gasteiger partial charge in [-0.2, -0.15) is 0 Å². The number of sulfonamides is 1. The summed E-state index contributed by atoms with van der Waals surface area (Å²) in [6.07, 6.45) is 0.663. The number of carbonyl (C=O) groups excluding carboxylic acids is 2. The number of fused-ring (bicyclic) bond motifs is 1. The van der Waals surface area contributed by atoms with Crippen molar-refractivity contribution in [1.29, 1.82) is 0 Å². The van der Waals surface area contributed by atoms with Crippen LogP contribution in [0.25, 0.3) is 0 Å². The number of nitrogens with zero attached hydrogens (tertiary/aromatic N) is 1. The largest absolute Gasteiger partial charge is 0.454 e.